The summed E-state index contributed by atoms with van der Waals surface area (Å²) in [5, 5.41) is 0. The second kappa shape index (κ2) is 7.69. The topological polar surface area (TPSA) is 84.5 Å². The number of aliphatic imine (C=N–C) groups is 1. The van der Waals surface area contributed by atoms with Gasteiger partial charge in [-0.05, 0) is 53.0 Å². The zero-order chi connectivity index (χ0) is 17.8. The van der Waals surface area contributed by atoms with Gasteiger partial charge in [-0.1, -0.05) is 0 Å². The van der Waals surface area contributed by atoms with Crippen LogP contribution in [-0.2, 0) is 4.79 Å². The van der Waals surface area contributed by atoms with E-state index in [2.05, 4.69) is 35.8 Å². The number of piperidine rings is 1. The average molecular weight is 406 g/mol. The standard InChI is InChI=1S/C17H17BrFN5O/c18-13-9-12(1-2-14(13)19)23-17(20)16(25)11-4-7-24(8-5-11)15-3-6-21-10-22-15/h1-3,6,9-11H,4-5,7-8H2,(H2,20,23). The number of nitrogens with two attached hydrogens (primary N) is 1. The highest BCUT2D eigenvalue weighted by atomic mass is 79.9. The van der Waals surface area contributed by atoms with Gasteiger partial charge in [0.25, 0.3) is 0 Å². The van der Waals surface area contributed by atoms with Crippen molar-refractivity contribution >= 4 is 39.1 Å². The fraction of sp³-hybridized carbons (Fsp3) is 0.294. The minimum Gasteiger partial charge on any atom is -0.381 e. The maximum absolute atomic E-state index is 13.3. The minimum atomic E-state index is -0.388. The van der Waals surface area contributed by atoms with E-state index in [1.54, 1.807) is 6.20 Å². The Morgan fingerprint density at radius 2 is 2.08 bits per heavy atom. The molecule has 1 saturated heterocycles. The fourth-order valence-corrected chi connectivity index (χ4v) is 3.17. The molecule has 2 aromatic rings. The monoisotopic (exact) mass is 405 g/mol. The van der Waals surface area contributed by atoms with Crippen molar-refractivity contribution in [3.63, 3.8) is 0 Å². The Labute approximate surface area is 153 Å². The molecule has 25 heavy (non-hydrogen) atoms. The number of aromatic nitrogens is 2. The minimum absolute atomic E-state index is 0.0426. The molecule has 0 amide bonds. The summed E-state index contributed by atoms with van der Waals surface area (Å²) in [5.74, 6) is 0.104. The number of amidine groups is 1. The van der Waals surface area contributed by atoms with Gasteiger partial charge in [0.1, 0.15) is 18.0 Å². The van der Waals surface area contributed by atoms with E-state index in [0.717, 1.165) is 18.9 Å². The van der Waals surface area contributed by atoms with Gasteiger partial charge in [0.2, 0.25) is 5.78 Å². The van der Waals surface area contributed by atoms with Crippen LogP contribution in [0.3, 0.4) is 0 Å². The first-order chi connectivity index (χ1) is 12.0. The van der Waals surface area contributed by atoms with Gasteiger partial charge in [-0.25, -0.2) is 19.4 Å². The molecule has 2 N–H and O–H groups in total. The van der Waals surface area contributed by atoms with Crippen molar-refractivity contribution in [3.8, 4) is 0 Å². The number of rotatable bonds is 4. The Bertz CT molecular complexity index is 791. The number of carbonyl (C=O) groups is 1. The van der Waals surface area contributed by atoms with E-state index >= 15 is 0 Å². The molecular weight excluding hydrogens is 389 g/mol. The highest BCUT2D eigenvalue weighted by Gasteiger charge is 2.27. The smallest absolute Gasteiger partial charge is 0.200 e. The molecule has 130 valence electrons. The van der Waals surface area contributed by atoms with Gasteiger partial charge in [-0.2, -0.15) is 0 Å². The highest BCUT2D eigenvalue weighted by molar-refractivity contribution is 9.10. The number of hydrogen-bond donors (Lipinski definition) is 1. The maximum Gasteiger partial charge on any atom is 0.200 e. The van der Waals surface area contributed by atoms with Gasteiger partial charge in [-0.3, -0.25) is 4.79 Å². The van der Waals surface area contributed by atoms with E-state index in [4.69, 9.17) is 5.73 Å². The van der Waals surface area contributed by atoms with Crippen LogP contribution in [0.25, 0.3) is 0 Å². The molecule has 1 aromatic heterocycles. The van der Waals surface area contributed by atoms with Crippen LogP contribution in [0.4, 0.5) is 15.9 Å². The fourth-order valence-electron chi connectivity index (χ4n) is 2.80. The summed E-state index contributed by atoms with van der Waals surface area (Å²) in [6.07, 6.45) is 4.58. The van der Waals surface area contributed by atoms with E-state index in [-0.39, 0.29) is 27.8 Å². The molecule has 1 fully saturated rings. The number of Topliss-reactive ketones (excluding diaryl/α,β-unsaturated/α-hetero) is 1. The summed E-state index contributed by atoms with van der Waals surface area (Å²) < 4.78 is 13.5. The van der Waals surface area contributed by atoms with E-state index in [1.807, 2.05) is 6.07 Å². The van der Waals surface area contributed by atoms with Crippen molar-refractivity contribution in [1.82, 2.24) is 9.97 Å². The molecule has 1 aliphatic heterocycles. The van der Waals surface area contributed by atoms with E-state index in [0.29, 0.717) is 18.5 Å². The van der Waals surface area contributed by atoms with E-state index in [9.17, 15) is 9.18 Å². The molecule has 6 nitrogen and oxygen atoms in total. The molecule has 0 unspecified atom stereocenters. The maximum atomic E-state index is 13.3. The SMILES string of the molecule is NC(=Nc1ccc(F)c(Br)c1)C(=O)C1CCN(c2ccncn2)CC1. The summed E-state index contributed by atoms with van der Waals surface area (Å²) in [6, 6.07) is 6.11. The van der Waals surface area contributed by atoms with E-state index in [1.165, 1.54) is 24.5 Å². The van der Waals surface area contributed by atoms with Crippen LogP contribution in [-0.4, -0.2) is 34.7 Å². The van der Waals surface area contributed by atoms with Gasteiger partial charge in [0.05, 0.1) is 10.2 Å². The first kappa shape index (κ1) is 17.5. The zero-order valence-electron chi connectivity index (χ0n) is 13.4. The lowest BCUT2D eigenvalue weighted by molar-refractivity contribution is -0.117. The molecule has 0 radical (unpaired) electrons. The molecule has 0 bridgehead atoms. The predicted octanol–water partition coefficient (Wildman–Crippen LogP) is 2.85. The lowest BCUT2D eigenvalue weighted by Crippen LogP contribution is -2.40. The predicted molar refractivity (Wildman–Crippen MR) is 97.4 cm³/mol. The molecule has 1 aromatic carbocycles. The quantitative estimate of drug-likeness (QED) is 0.624. The summed E-state index contributed by atoms with van der Waals surface area (Å²) in [5.41, 5.74) is 6.31. The van der Waals surface area contributed by atoms with Crippen molar-refractivity contribution in [2.24, 2.45) is 16.6 Å². The number of anilines is 1. The second-order valence-electron chi connectivity index (χ2n) is 5.79. The molecule has 0 aliphatic carbocycles. The first-order valence-electron chi connectivity index (χ1n) is 7.89. The van der Waals surface area contributed by atoms with Crippen LogP contribution in [0.15, 0.2) is 46.3 Å². The van der Waals surface area contributed by atoms with Crippen molar-refractivity contribution in [2.45, 2.75) is 12.8 Å². The third kappa shape index (κ3) is 4.19. The molecule has 0 saturated carbocycles. The van der Waals surface area contributed by atoms with Crippen molar-refractivity contribution in [1.29, 1.82) is 0 Å². The van der Waals surface area contributed by atoms with Gasteiger partial charge in [-0.15, -0.1) is 0 Å². The Morgan fingerprint density at radius 3 is 2.72 bits per heavy atom. The van der Waals surface area contributed by atoms with E-state index < -0.39 is 0 Å². The lowest BCUT2D eigenvalue weighted by Gasteiger charge is -2.31. The molecule has 2 heterocycles. The third-order valence-electron chi connectivity index (χ3n) is 4.16. The Hall–Kier alpha value is -2.35. The molecule has 0 spiro atoms. The average Bonchev–Trinajstić information content (AvgIpc) is 2.65. The molecule has 1 aliphatic rings. The van der Waals surface area contributed by atoms with Crippen molar-refractivity contribution in [2.75, 3.05) is 18.0 Å². The van der Waals surface area contributed by atoms with Gasteiger partial charge < -0.3 is 10.6 Å². The number of benzene rings is 1. The molecular formula is C17H17BrFN5O. The van der Waals surface area contributed by atoms with Gasteiger partial charge >= 0.3 is 0 Å². The molecule has 3 rings (SSSR count). The number of ketones is 1. The molecule has 0 atom stereocenters. The van der Waals surface area contributed by atoms with Crippen LogP contribution in [0.5, 0.6) is 0 Å². The third-order valence-corrected chi connectivity index (χ3v) is 4.77. The summed E-state index contributed by atoms with van der Waals surface area (Å²) in [4.78, 5) is 26.9. The van der Waals surface area contributed by atoms with Crippen molar-refractivity contribution in [3.05, 3.63) is 47.1 Å². The van der Waals surface area contributed by atoms with Crippen LogP contribution >= 0.6 is 15.9 Å². The Kier molecular flexibility index (Phi) is 5.37. The summed E-state index contributed by atoms with van der Waals surface area (Å²) in [7, 11) is 0. The second-order valence-corrected chi connectivity index (χ2v) is 6.64. The van der Waals surface area contributed by atoms with Gasteiger partial charge in [0, 0.05) is 25.2 Å². The highest BCUT2D eigenvalue weighted by Crippen LogP contribution is 2.24. The number of nitrogens with zero attached hydrogens (tertiary/aromatic N) is 4. The lowest BCUT2D eigenvalue weighted by atomic mass is 9.92. The Morgan fingerprint density at radius 1 is 1.32 bits per heavy atom. The normalized spacial score (nSPS) is 16.1. The number of halogens is 2. The number of hydrogen-bond acceptors (Lipinski definition) is 5. The van der Waals surface area contributed by atoms with Crippen LogP contribution in [0, 0.1) is 11.7 Å². The Balaban J connectivity index is 1.63. The van der Waals surface area contributed by atoms with Crippen LogP contribution in [0.1, 0.15) is 12.8 Å². The van der Waals surface area contributed by atoms with Crippen LogP contribution < -0.4 is 10.6 Å². The summed E-state index contributed by atoms with van der Waals surface area (Å²) >= 11 is 3.09. The first-order valence-corrected chi connectivity index (χ1v) is 8.68. The summed E-state index contributed by atoms with van der Waals surface area (Å²) in [6.45, 7) is 1.45. The number of carbonyl (C=O) groups excluding carboxylic acids is 1. The van der Waals surface area contributed by atoms with Crippen LogP contribution in [0.2, 0.25) is 0 Å². The van der Waals surface area contributed by atoms with Gasteiger partial charge in [0.15, 0.2) is 5.84 Å². The molecule has 8 heteroatoms. The largest absolute Gasteiger partial charge is 0.381 e. The van der Waals surface area contributed by atoms with Crippen molar-refractivity contribution < 1.29 is 9.18 Å². The zero-order valence-corrected chi connectivity index (χ0v) is 15.0.